The van der Waals surface area contributed by atoms with E-state index in [1.807, 2.05) is 13.6 Å². The van der Waals surface area contributed by atoms with E-state index in [9.17, 15) is 0 Å². The fourth-order valence-corrected chi connectivity index (χ4v) is 4.85. The number of hydrogen-bond acceptors (Lipinski definition) is 4. The molecule has 200 valence electrons. The molecule has 3 aromatic carbocycles. The molecular weight excluding hydrogens is 458 g/mol. The summed E-state index contributed by atoms with van der Waals surface area (Å²) in [5.74, 6) is 0.569. The Bertz CT molecular complexity index is 1230. The number of anilines is 1. The maximum atomic E-state index is 8.00. The Morgan fingerprint density at radius 3 is 2.30 bits per heavy atom. The van der Waals surface area contributed by atoms with Crippen LogP contribution in [0.2, 0.25) is 0 Å². The van der Waals surface area contributed by atoms with Crippen molar-refractivity contribution < 1.29 is 11.0 Å². The highest BCUT2D eigenvalue weighted by molar-refractivity contribution is 5.87. The first-order chi connectivity index (χ1) is 18.1. The number of carbonyl (C=O) groups excluding carboxylic acids is 2. The molecule has 4 aromatic rings. The van der Waals surface area contributed by atoms with E-state index in [0.29, 0.717) is 5.92 Å². The molecular formula is C32H45N3O2. The molecule has 1 aromatic heterocycles. The van der Waals surface area contributed by atoms with Gasteiger partial charge in [-0.2, -0.15) is 5.10 Å². The van der Waals surface area contributed by atoms with Crippen LogP contribution in [0.15, 0.2) is 60.7 Å². The second-order valence-corrected chi connectivity index (χ2v) is 9.70. The van der Waals surface area contributed by atoms with E-state index in [1.165, 1.54) is 57.9 Å². The number of nitrogens with zero attached hydrogens (tertiary/aromatic N) is 3. The van der Waals surface area contributed by atoms with Crippen LogP contribution < -0.4 is 4.90 Å². The van der Waals surface area contributed by atoms with Crippen LogP contribution in [-0.2, 0) is 29.0 Å². The smallest absolute Gasteiger partial charge is 0.106 e. The molecule has 0 unspecified atom stereocenters. The number of aryl methyl sites for hydroxylation is 2. The van der Waals surface area contributed by atoms with Gasteiger partial charge in [0.1, 0.15) is 13.6 Å². The van der Waals surface area contributed by atoms with Crippen LogP contribution in [0.4, 0.5) is 5.69 Å². The monoisotopic (exact) mass is 503 g/mol. The summed E-state index contributed by atoms with van der Waals surface area (Å²) < 4.78 is 2.23. The number of fused-ring (bicyclic) bond motifs is 2. The van der Waals surface area contributed by atoms with Gasteiger partial charge >= 0.3 is 0 Å². The maximum Gasteiger partial charge on any atom is 0.106 e. The highest BCUT2D eigenvalue weighted by atomic mass is 16.1. The summed E-state index contributed by atoms with van der Waals surface area (Å²) in [6.45, 7) is 16.3. The molecule has 0 saturated heterocycles. The Kier molecular flexibility index (Phi) is 12.5. The summed E-state index contributed by atoms with van der Waals surface area (Å²) in [5, 5.41) is 9.14. The van der Waals surface area contributed by atoms with Gasteiger partial charge in [0.05, 0.1) is 11.2 Å². The van der Waals surface area contributed by atoms with Gasteiger partial charge in [0.25, 0.3) is 0 Å². The van der Waals surface area contributed by atoms with Crippen molar-refractivity contribution in [3.8, 4) is 0 Å². The predicted octanol–water partition coefficient (Wildman–Crippen LogP) is 7.52. The van der Waals surface area contributed by atoms with Crippen LogP contribution >= 0.6 is 0 Å². The third-order valence-corrected chi connectivity index (χ3v) is 6.50. The Balaban J connectivity index is 0.00000138. The third-order valence-electron chi connectivity index (χ3n) is 6.50. The topological polar surface area (TPSA) is 55.2 Å². The zero-order valence-corrected chi connectivity index (χ0v) is 23.1. The van der Waals surface area contributed by atoms with Crippen molar-refractivity contribution in [2.45, 2.75) is 66.3 Å². The van der Waals surface area contributed by atoms with E-state index in [4.69, 9.17) is 14.7 Å². The van der Waals surface area contributed by atoms with Crippen molar-refractivity contribution >= 4 is 40.9 Å². The van der Waals surface area contributed by atoms with Crippen molar-refractivity contribution in [1.82, 2.24) is 9.78 Å². The van der Waals surface area contributed by atoms with Crippen LogP contribution in [0.3, 0.4) is 0 Å². The first-order valence-electron chi connectivity index (χ1n) is 13.4. The van der Waals surface area contributed by atoms with Gasteiger partial charge in [-0.05, 0) is 66.1 Å². The Morgan fingerprint density at radius 1 is 0.865 bits per heavy atom. The summed E-state index contributed by atoms with van der Waals surface area (Å²) in [4.78, 5) is 18.6. The van der Waals surface area contributed by atoms with Crippen molar-refractivity contribution in [3.63, 3.8) is 0 Å². The lowest BCUT2D eigenvalue weighted by Gasteiger charge is -2.24. The van der Waals surface area contributed by atoms with Gasteiger partial charge in [0, 0.05) is 32.1 Å². The van der Waals surface area contributed by atoms with Gasteiger partial charge in [-0.25, -0.2) is 0 Å². The minimum atomic E-state index is 0. The molecule has 5 heteroatoms. The number of hydrogen-bond donors (Lipinski definition) is 0. The third kappa shape index (κ3) is 7.75. The summed E-state index contributed by atoms with van der Waals surface area (Å²) in [6, 6.07) is 22.4. The molecule has 0 aliphatic rings. The largest absolute Gasteiger partial charge is 0.372 e. The molecule has 0 atom stereocenters. The molecule has 0 amide bonds. The molecule has 0 spiro atoms. The number of benzene rings is 3. The molecule has 4 rings (SSSR count). The number of aromatic nitrogens is 2. The zero-order valence-electron chi connectivity index (χ0n) is 23.1. The number of unbranched alkanes of at least 4 members (excludes halogenated alkanes) is 1. The molecule has 0 aliphatic heterocycles. The predicted molar refractivity (Wildman–Crippen MR) is 160 cm³/mol. The van der Waals surface area contributed by atoms with E-state index < -0.39 is 0 Å². The Hall–Kier alpha value is -3.47. The van der Waals surface area contributed by atoms with Crippen molar-refractivity contribution in [2.24, 2.45) is 5.92 Å². The maximum absolute atomic E-state index is 8.00. The summed E-state index contributed by atoms with van der Waals surface area (Å²) >= 11 is 0. The normalized spacial score (nSPS) is 10.6. The van der Waals surface area contributed by atoms with Gasteiger partial charge in [-0.1, -0.05) is 76.6 Å². The standard InChI is InChI=1S/C30H39N3.2CH2O.H2/c1-5-7-20-32(19-6-2)26-16-18-30-28(21-26)29(31-33(30)22-23(3)4)17-15-25-13-10-12-24-11-8-9-14-27(24)25;2*1-2;/h8-14,16,18,21,23H,5-7,15,17,19-20,22H2,1-4H3;2*1H2;1H. The van der Waals surface area contributed by atoms with Gasteiger partial charge in [-0.15, -0.1) is 0 Å². The summed E-state index contributed by atoms with van der Waals surface area (Å²) in [6.07, 6.45) is 5.60. The minimum absolute atomic E-state index is 0. The second kappa shape index (κ2) is 15.6. The molecule has 0 saturated carbocycles. The summed E-state index contributed by atoms with van der Waals surface area (Å²) in [7, 11) is 0. The highest BCUT2D eigenvalue weighted by Gasteiger charge is 2.15. The molecule has 0 bridgehead atoms. The summed E-state index contributed by atoms with van der Waals surface area (Å²) in [5.41, 5.74) is 5.25. The quantitative estimate of drug-likeness (QED) is 0.212. The molecule has 0 radical (unpaired) electrons. The number of rotatable bonds is 11. The molecule has 1 heterocycles. The van der Waals surface area contributed by atoms with E-state index in [2.05, 4.69) is 97.9 Å². The van der Waals surface area contributed by atoms with Crippen LogP contribution in [0.5, 0.6) is 0 Å². The first kappa shape index (κ1) is 29.8. The molecule has 0 N–H and O–H groups in total. The first-order valence-corrected chi connectivity index (χ1v) is 13.4. The molecule has 0 aliphatic carbocycles. The van der Waals surface area contributed by atoms with Gasteiger partial charge in [-0.3, -0.25) is 4.68 Å². The van der Waals surface area contributed by atoms with Crippen molar-refractivity contribution in [2.75, 3.05) is 18.0 Å². The van der Waals surface area contributed by atoms with E-state index in [0.717, 1.165) is 32.5 Å². The average molecular weight is 504 g/mol. The van der Waals surface area contributed by atoms with E-state index in [-0.39, 0.29) is 1.43 Å². The lowest BCUT2D eigenvalue weighted by molar-refractivity contribution is -0.0987. The zero-order chi connectivity index (χ0) is 27.2. The fraction of sp³-hybridized carbons (Fsp3) is 0.406. The van der Waals surface area contributed by atoms with E-state index >= 15 is 0 Å². The molecule has 37 heavy (non-hydrogen) atoms. The molecule has 0 fully saturated rings. The van der Waals surface area contributed by atoms with Gasteiger partial charge < -0.3 is 14.5 Å². The van der Waals surface area contributed by atoms with E-state index in [1.54, 1.807) is 0 Å². The van der Waals surface area contributed by atoms with Crippen LogP contribution in [0, 0.1) is 5.92 Å². The van der Waals surface area contributed by atoms with Crippen molar-refractivity contribution in [3.05, 3.63) is 71.9 Å². The van der Waals surface area contributed by atoms with Crippen molar-refractivity contribution in [1.29, 1.82) is 0 Å². The fourth-order valence-electron chi connectivity index (χ4n) is 4.85. The van der Waals surface area contributed by atoms with Crippen LogP contribution in [-0.4, -0.2) is 36.4 Å². The second-order valence-electron chi connectivity index (χ2n) is 9.70. The highest BCUT2D eigenvalue weighted by Crippen LogP contribution is 2.28. The Morgan fingerprint density at radius 2 is 1.59 bits per heavy atom. The lowest BCUT2D eigenvalue weighted by Crippen LogP contribution is -2.25. The molecule has 5 nitrogen and oxygen atoms in total. The average Bonchev–Trinajstić information content (AvgIpc) is 3.27. The SMILES string of the molecule is C=O.C=O.CCCCN(CCC)c1ccc2c(c1)c(CCc1cccc3ccccc13)nn2CC(C)C.[HH]. The Labute approximate surface area is 224 Å². The van der Waals surface area contributed by atoms with Crippen LogP contribution in [0.1, 0.15) is 59.6 Å². The lowest BCUT2D eigenvalue weighted by atomic mass is 9.99. The van der Waals surface area contributed by atoms with Crippen LogP contribution in [0.25, 0.3) is 21.7 Å². The number of carbonyl (C=O) groups is 2. The van der Waals surface area contributed by atoms with Gasteiger partial charge in [0.15, 0.2) is 0 Å². The van der Waals surface area contributed by atoms with Gasteiger partial charge in [0.2, 0.25) is 0 Å². The minimum Gasteiger partial charge on any atom is -0.372 e.